The largest absolute Gasteiger partial charge is 0.309 e. The van der Waals surface area contributed by atoms with Gasteiger partial charge in [-0.05, 0) is 163 Å². The molecule has 1 atom stereocenters. The highest BCUT2D eigenvalue weighted by Gasteiger charge is 2.36. The number of rotatable bonds is 6. The molecule has 0 fully saturated rings. The second-order valence-corrected chi connectivity index (χ2v) is 19.2. The molecule has 0 spiro atoms. The predicted octanol–water partition coefficient (Wildman–Crippen LogP) is 17.0. The minimum absolute atomic E-state index is 0.0529. The minimum Gasteiger partial charge on any atom is -0.309 e. The van der Waals surface area contributed by atoms with E-state index in [4.69, 9.17) is 0 Å². The zero-order chi connectivity index (χ0) is 45.1. The zero-order valence-electron chi connectivity index (χ0n) is 37.9. The summed E-state index contributed by atoms with van der Waals surface area (Å²) in [6, 6.07) is 66.1. The fourth-order valence-electron chi connectivity index (χ4n) is 11.7. The van der Waals surface area contributed by atoms with Crippen LogP contribution in [0.3, 0.4) is 0 Å². The molecule has 68 heavy (non-hydrogen) atoms. The van der Waals surface area contributed by atoms with E-state index in [9.17, 15) is 0 Å². The molecule has 9 aromatic rings. The molecular formula is C66H44N2. The third kappa shape index (κ3) is 5.87. The smallest absolute Gasteiger partial charge is 0.102 e. The second kappa shape index (κ2) is 14.7. The molecule has 0 N–H and O–H groups in total. The molecule has 1 aliphatic heterocycles. The van der Waals surface area contributed by atoms with E-state index in [1.807, 2.05) is 6.08 Å². The fourth-order valence-corrected chi connectivity index (χ4v) is 11.7. The number of nitrogens with zero attached hydrogens (tertiary/aromatic N) is 2. The average molecular weight is 865 g/mol. The number of fused-ring (bicyclic) bond motifs is 13. The quantitative estimate of drug-likeness (QED) is 0.121. The Hall–Kier alpha value is -8.60. The van der Waals surface area contributed by atoms with Gasteiger partial charge < -0.3 is 9.80 Å². The molecule has 5 aliphatic rings. The lowest BCUT2D eigenvalue weighted by molar-refractivity contribution is 0.660. The highest BCUT2D eigenvalue weighted by atomic mass is 15.2. The van der Waals surface area contributed by atoms with Crippen molar-refractivity contribution in [1.29, 1.82) is 0 Å². The van der Waals surface area contributed by atoms with Gasteiger partial charge in [-0.25, -0.2) is 0 Å². The standard InChI is InChI=1S/C66H44N2/c1-66(2)61-27-12-10-26-55(61)60-40-48(32-34-62(60)66)67-47-21-7-6-17-46(37-47)56-38-44(30-35-65(56)67)43-19-14-20-45(36-43)51-23-11-13-28-63(51)68(64-29-15-18-42-16-4-3-5-22-50(42)64)49-31-33-54-57(39-49)52-24-8-9-25-53(52)58-41-59(54)58/h3,5-29,31-34,36-40,46H,41H2,1-2H3. The lowest BCUT2D eigenvalue weighted by Crippen LogP contribution is -2.21. The van der Waals surface area contributed by atoms with Gasteiger partial charge in [0.15, 0.2) is 0 Å². The molecular weight excluding hydrogens is 821 g/mol. The summed E-state index contributed by atoms with van der Waals surface area (Å²) in [6.07, 6.45) is 20.7. The van der Waals surface area contributed by atoms with Crippen molar-refractivity contribution in [2.75, 3.05) is 9.80 Å². The van der Waals surface area contributed by atoms with Crippen molar-refractivity contribution in [3.8, 4) is 33.4 Å². The van der Waals surface area contributed by atoms with Crippen LogP contribution in [0.25, 0.3) is 67.1 Å². The van der Waals surface area contributed by atoms with E-state index in [0.717, 1.165) is 73.9 Å². The Labute approximate surface area is 397 Å². The number of benzene rings is 8. The molecule has 9 aromatic carbocycles. The number of anilines is 5. The summed E-state index contributed by atoms with van der Waals surface area (Å²) >= 11 is 0. The summed E-state index contributed by atoms with van der Waals surface area (Å²) in [5.41, 5.74) is 26.2. The lowest BCUT2D eigenvalue weighted by atomic mass is 9.82. The topological polar surface area (TPSA) is 6.48 Å². The minimum atomic E-state index is -0.0529. The SMILES string of the molecule is CC1(C)c2ccccc2-c2cc(N3C4=CC(C=CC=C4)c4cc(-c5cccc(-c6ccccc6N(c6ccc7c8c(c9ccccc9c7c6)C8)c6cccc7c6C=CC=C=C7)c5)c#cc43)ccc21. The van der Waals surface area contributed by atoms with Crippen molar-refractivity contribution in [2.45, 2.75) is 31.6 Å². The van der Waals surface area contributed by atoms with Gasteiger partial charge in [-0.3, -0.25) is 0 Å². The van der Waals surface area contributed by atoms with Crippen LogP contribution in [0.4, 0.5) is 28.4 Å². The molecule has 2 bridgehead atoms. The average Bonchev–Trinajstić information content (AvgIpc) is 4.22. The Morgan fingerprint density at radius 3 is 2.29 bits per heavy atom. The maximum Gasteiger partial charge on any atom is 0.102 e. The number of hydrogen-bond donors (Lipinski definition) is 0. The molecule has 14 rings (SSSR count). The number of allylic oxidation sites excluding steroid dienone is 7. The number of para-hydroxylation sites is 1. The third-order valence-corrected chi connectivity index (χ3v) is 15.0. The van der Waals surface area contributed by atoms with Gasteiger partial charge in [-0.15, -0.1) is 5.73 Å². The van der Waals surface area contributed by atoms with Crippen LogP contribution in [0, 0.1) is 12.1 Å². The normalized spacial score (nSPS) is 16.0. The van der Waals surface area contributed by atoms with Crippen molar-refractivity contribution in [3.05, 3.63) is 263 Å². The van der Waals surface area contributed by atoms with E-state index in [1.165, 1.54) is 60.5 Å². The highest BCUT2D eigenvalue weighted by Crippen LogP contribution is 2.52. The van der Waals surface area contributed by atoms with Gasteiger partial charge in [0.05, 0.1) is 11.4 Å². The van der Waals surface area contributed by atoms with Gasteiger partial charge in [-0.1, -0.05) is 159 Å². The van der Waals surface area contributed by atoms with Gasteiger partial charge in [0.25, 0.3) is 0 Å². The van der Waals surface area contributed by atoms with Crippen molar-refractivity contribution in [3.63, 3.8) is 0 Å². The van der Waals surface area contributed by atoms with Crippen molar-refractivity contribution < 1.29 is 0 Å². The van der Waals surface area contributed by atoms with Crippen molar-refractivity contribution >= 4 is 62.1 Å². The summed E-state index contributed by atoms with van der Waals surface area (Å²) in [6.45, 7) is 4.68. The van der Waals surface area contributed by atoms with Crippen LogP contribution >= 0.6 is 0 Å². The fraction of sp³-hybridized carbons (Fsp3) is 0.0758. The van der Waals surface area contributed by atoms with Crippen LogP contribution in [-0.4, -0.2) is 0 Å². The number of hydrogen-bond acceptors (Lipinski definition) is 2. The van der Waals surface area contributed by atoms with E-state index in [1.54, 1.807) is 0 Å². The van der Waals surface area contributed by atoms with E-state index in [-0.39, 0.29) is 11.3 Å². The van der Waals surface area contributed by atoms with Crippen LogP contribution in [0.2, 0.25) is 0 Å². The highest BCUT2D eigenvalue weighted by molar-refractivity contribution is 6.15. The van der Waals surface area contributed by atoms with Crippen molar-refractivity contribution in [1.82, 2.24) is 0 Å². The van der Waals surface area contributed by atoms with Gasteiger partial charge in [-0.2, -0.15) is 0 Å². The lowest BCUT2D eigenvalue weighted by Gasteiger charge is -2.33. The summed E-state index contributed by atoms with van der Waals surface area (Å²) in [5, 5.41) is 5.33. The van der Waals surface area contributed by atoms with Crippen LogP contribution in [0.15, 0.2) is 212 Å². The summed E-state index contributed by atoms with van der Waals surface area (Å²) in [4.78, 5) is 4.84. The van der Waals surface area contributed by atoms with Gasteiger partial charge in [0.2, 0.25) is 0 Å². The van der Waals surface area contributed by atoms with Crippen LogP contribution < -0.4 is 9.80 Å². The molecule has 1 heterocycles. The maximum atomic E-state index is 3.73. The Bertz CT molecular complexity index is 3860. The molecule has 0 saturated heterocycles. The maximum absolute atomic E-state index is 3.73. The first-order chi connectivity index (χ1) is 33.5. The van der Waals surface area contributed by atoms with E-state index in [2.05, 4.69) is 248 Å². The molecule has 2 heteroatoms. The van der Waals surface area contributed by atoms with Crippen LogP contribution in [0.5, 0.6) is 0 Å². The molecule has 1 unspecified atom stereocenters. The Morgan fingerprint density at radius 1 is 0.588 bits per heavy atom. The molecule has 0 saturated carbocycles. The first-order valence-corrected chi connectivity index (χ1v) is 23.8. The summed E-state index contributed by atoms with van der Waals surface area (Å²) in [5.74, 6) is 0.105. The van der Waals surface area contributed by atoms with E-state index >= 15 is 0 Å². The molecule has 0 aromatic heterocycles. The first-order valence-electron chi connectivity index (χ1n) is 23.8. The van der Waals surface area contributed by atoms with E-state index < -0.39 is 0 Å². The van der Waals surface area contributed by atoms with Crippen LogP contribution in [0.1, 0.15) is 58.7 Å². The Morgan fingerprint density at radius 2 is 1.37 bits per heavy atom. The van der Waals surface area contributed by atoms with E-state index in [0.29, 0.717) is 0 Å². The Kier molecular flexibility index (Phi) is 8.36. The predicted molar refractivity (Wildman–Crippen MR) is 284 cm³/mol. The molecule has 318 valence electrons. The molecule has 2 nitrogen and oxygen atoms in total. The zero-order valence-corrected chi connectivity index (χ0v) is 37.9. The Balaban J connectivity index is 0.893. The monoisotopic (exact) mass is 864 g/mol. The van der Waals surface area contributed by atoms with Gasteiger partial charge in [0.1, 0.15) is 5.69 Å². The molecule has 0 radical (unpaired) electrons. The van der Waals surface area contributed by atoms with Gasteiger partial charge >= 0.3 is 0 Å². The molecule has 4 aliphatic carbocycles. The first kappa shape index (κ1) is 38.6. The third-order valence-electron chi connectivity index (χ3n) is 15.0. The summed E-state index contributed by atoms with van der Waals surface area (Å²) in [7, 11) is 0. The van der Waals surface area contributed by atoms with Crippen LogP contribution in [-0.2, 0) is 11.8 Å². The second-order valence-electron chi connectivity index (χ2n) is 19.2. The van der Waals surface area contributed by atoms with Gasteiger partial charge in [0, 0.05) is 45.1 Å². The summed E-state index contributed by atoms with van der Waals surface area (Å²) < 4.78 is 0. The molecule has 0 amide bonds. The van der Waals surface area contributed by atoms with Crippen molar-refractivity contribution in [2.24, 2.45) is 0 Å².